The Morgan fingerprint density at radius 2 is 1.86 bits per heavy atom. The zero-order valence-electron chi connectivity index (χ0n) is 13.6. The van der Waals surface area contributed by atoms with Gasteiger partial charge in [0, 0.05) is 46.3 Å². The smallest absolute Gasteiger partial charge is 0.315 e. The summed E-state index contributed by atoms with van der Waals surface area (Å²) >= 11 is 0. The van der Waals surface area contributed by atoms with E-state index in [1.165, 1.54) is 4.90 Å². The van der Waals surface area contributed by atoms with Gasteiger partial charge in [-0.2, -0.15) is 0 Å². The van der Waals surface area contributed by atoms with E-state index < -0.39 is 0 Å². The summed E-state index contributed by atoms with van der Waals surface area (Å²) in [5, 5.41) is 8.98. The Bertz CT molecular complexity index is 447. The molecule has 1 atom stereocenters. The molecule has 1 aliphatic carbocycles. The predicted octanol–water partition coefficient (Wildman–Crippen LogP) is -0.814. The van der Waals surface area contributed by atoms with Crippen molar-refractivity contribution in [1.29, 1.82) is 0 Å². The maximum absolute atomic E-state index is 11.7. The molecule has 8 heteroatoms. The summed E-state index contributed by atoms with van der Waals surface area (Å²) in [6, 6.07) is 0.394. The van der Waals surface area contributed by atoms with Crippen molar-refractivity contribution >= 4 is 17.9 Å². The van der Waals surface area contributed by atoms with Crippen LogP contribution in [-0.2, 0) is 4.79 Å². The topological polar surface area (TPSA) is 89.1 Å². The summed E-state index contributed by atoms with van der Waals surface area (Å²) in [6.45, 7) is 1.73. The highest BCUT2D eigenvalue weighted by atomic mass is 16.2. The van der Waals surface area contributed by atoms with Crippen LogP contribution in [0.25, 0.3) is 0 Å². The molecule has 0 radical (unpaired) electrons. The van der Waals surface area contributed by atoms with Crippen LogP contribution in [0.15, 0.2) is 4.99 Å². The van der Waals surface area contributed by atoms with Gasteiger partial charge in [-0.15, -0.1) is 0 Å². The number of nitrogens with one attached hydrogen (secondary N) is 3. The minimum Gasteiger partial charge on any atom is -0.347 e. The molecule has 124 valence electrons. The number of likely N-dealkylation sites (N-methyl/N-ethyl adjacent to an activating group) is 1. The fourth-order valence-corrected chi connectivity index (χ4v) is 2.36. The lowest BCUT2D eigenvalue weighted by Crippen LogP contribution is -2.47. The third kappa shape index (κ3) is 4.78. The third-order valence-corrected chi connectivity index (χ3v) is 3.84. The second kappa shape index (κ2) is 7.33. The summed E-state index contributed by atoms with van der Waals surface area (Å²) in [6.07, 6.45) is 3.04. The average molecular weight is 310 g/mol. The molecule has 0 bridgehead atoms. The van der Waals surface area contributed by atoms with Gasteiger partial charge < -0.3 is 25.8 Å². The van der Waals surface area contributed by atoms with Gasteiger partial charge in [0.2, 0.25) is 5.91 Å². The molecule has 0 aromatic carbocycles. The van der Waals surface area contributed by atoms with Crippen LogP contribution in [0.4, 0.5) is 4.79 Å². The first-order valence-corrected chi connectivity index (χ1v) is 7.72. The van der Waals surface area contributed by atoms with E-state index in [-0.39, 0.29) is 24.5 Å². The number of carbonyl (C=O) groups is 2. The number of guanidine groups is 1. The second-order valence-electron chi connectivity index (χ2n) is 6.01. The molecule has 0 aromatic rings. The molecule has 2 fully saturated rings. The van der Waals surface area contributed by atoms with Gasteiger partial charge in [0.15, 0.2) is 5.96 Å². The minimum absolute atomic E-state index is 0.00108. The predicted molar refractivity (Wildman–Crippen MR) is 84.7 cm³/mol. The van der Waals surface area contributed by atoms with Crippen molar-refractivity contribution in [3.63, 3.8) is 0 Å². The SMILES string of the molecule is CN=C(NCC(=O)N(C)C)N1CCC(NC(=O)NC2CC2)C1. The van der Waals surface area contributed by atoms with Crippen LogP contribution < -0.4 is 16.0 Å². The van der Waals surface area contributed by atoms with Gasteiger partial charge in [-0.3, -0.25) is 9.79 Å². The molecule has 1 saturated carbocycles. The molecular weight excluding hydrogens is 284 g/mol. The summed E-state index contributed by atoms with van der Waals surface area (Å²) in [4.78, 5) is 31.2. The van der Waals surface area contributed by atoms with Crippen molar-refractivity contribution in [2.75, 3.05) is 40.8 Å². The number of amides is 3. The number of likely N-dealkylation sites (tertiary alicyclic amines) is 1. The first kappa shape index (κ1) is 16.4. The zero-order valence-corrected chi connectivity index (χ0v) is 13.6. The van der Waals surface area contributed by atoms with Crippen LogP contribution in [0.2, 0.25) is 0 Å². The van der Waals surface area contributed by atoms with Gasteiger partial charge in [-0.25, -0.2) is 4.79 Å². The molecule has 0 spiro atoms. The lowest BCUT2D eigenvalue weighted by atomic mass is 10.3. The Morgan fingerprint density at radius 3 is 2.45 bits per heavy atom. The Kier molecular flexibility index (Phi) is 5.46. The average Bonchev–Trinajstić information content (AvgIpc) is 3.16. The number of rotatable bonds is 4. The Balaban J connectivity index is 1.74. The van der Waals surface area contributed by atoms with E-state index in [1.807, 2.05) is 0 Å². The normalized spacial score (nSPS) is 21.5. The molecule has 1 unspecified atom stereocenters. The molecule has 3 amide bonds. The van der Waals surface area contributed by atoms with Crippen LogP contribution in [-0.4, -0.2) is 80.6 Å². The Hall–Kier alpha value is -1.99. The van der Waals surface area contributed by atoms with E-state index in [0.29, 0.717) is 18.5 Å². The van der Waals surface area contributed by atoms with E-state index in [0.717, 1.165) is 25.8 Å². The van der Waals surface area contributed by atoms with E-state index in [2.05, 4.69) is 25.8 Å². The fourth-order valence-electron chi connectivity index (χ4n) is 2.36. The second-order valence-corrected chi connectivity index (χ2v) is 6.01. The maximum atomic E-state index is 11.7. The summed E-state index contributed by atoms with van der Waals surface area (Å²) < 4.78 is 0. The monoisotopic (exact) mass is 310 g/mol. The van der Waals surface area contributed by atoms with E-state index >= 15 is 0 Å². The van der Waals surface area contributed by atoms with Crippen LogP contribution in [0.5, 0.6) is 0 Å². The number of hydrogen-bond donors (Lipinski definition) is 3. The van der Waals surface area contributed by atoms with Gasteiger partial charge in [-0.1, -0.05) is 0 Å². The van der Waals surface area contributed by atoms with Crippen molar-refractivity contribution in [3.05, 3.63) is 0 Å². The van der Waals surface area contributed by atoms with Gasteiger partial charge in [0.05, 0.1) is 6.54 Å². The first-order chi connectivity index (χ1) is 10.5. The van der Waals surface area contributed by atoms with Gasteiger partial charge in [0.25, 0.3) is 0 Å². The molecule has 22 heavy (non-hydrogen) atoms. The van der Waals surface area contributed by atoms with Crippen molar-refractivity contribution in [1.82, 2.24) is 25.8 Å². The summed E-state index contributed by atoms with van der Waals surface area (Å²) in [5.41, 5.74) is 0. The minimum atomic E-state index is -0.0833. The lowest BCUT2D eigenvalue weighted by molar-refractivity contribution is -0.127. The van der Waals surface area contributed by atoms with Crippen LogP contribution in [0.3, 0.4) is 0 Å². The standard InChI is InChI=1S/C14H26N6O2/c1-15-13(16-8-12(21)19(2)3)20-7-6-11(9-20)18-14(22)17-10-4-5-10/h10-11H,4-9H2,1-3H3,(H,15,16)(H2,17,18,22). The summed E-state index contributed by atoms with van der Waals surface area (Å²) in [5.74, 6) is 0.695. The van der Waals surface area contributed by atoms with Gasteiger partial charge in [-0.05, 0) is 19.3 Å². The fraction of sp³-hybridized carbons (Fsp3) is 0.786. The molecular formula is C14H26N6O2. The lowest BCUT2D eigenvalue weighted by Gasteiger charge is -2.22. The molecule has 2 aliphatic rings. The van der Waals surface area contributed by atoms with E-state index in [9.17, 15) is 9.59 Å². The number of carbonyl (C=O) groups excluding carboxylic acids is 2. The Labute approximate surface area is 131 Å². The van der Waals surface area contributed by atoms with Crippen LogP contribution >= 0.6 is 0 Å². The van der Waals surface area contributed by atoms with Crippen molar-refractivity contribution in [2.45, 2.75) is 31.3 Å². The van der Waals surface area contributed by atoms with Crippen molar-refractivity contribution in [3.8, 4) is 0 Å². The molecule has 1 heterocycles. The molecule has 0 aromatic heterocycles. The number of hydrogen-bond acceptors (Lipinski definition) is 3. The van der Waals surface area contributed by atoms with Crippen LogP contribution in [0.1, 0.15) is 19.3 Å². The summed E-state index contributed by atoms with van der Waals surface area (Å²) in [7, 11) is 5.14. The highest BCUT2D eigenvalue weighted by molar-refractivity contribution is 5.86. The van der Waals surface area contributed by atoms with Crippen molar-refractivity contribution in [2.24, 2.45) is 4.99 Å². The molecule has 1 aliphatic heterocycles. The molecule has 8 nitrogen and oxygen atoms in total. The van der Waals surface area contributed by atoms with E-state index in [4.69, 9.17) is 0 Å². The van der Waals surface area contributed by atoms with E-state index in [1.54, 1.807) is 21.1 Å². The third-order valence-electron chi connectivity index (χ3n) is 3.84. The quantitative estimate of drug-likeness (QED) is 0.468. The van der Waals surface area contributed by atoms with Crippen LogP contribution in [0, 0.1) is 0 Å². The number of aliphatic imine (C=N–C) groups is 1. The Morgan fingerprint density at radius 1 is 1.18 bits per heavy atom. The molecule has 1 saturated heterocycles. The number of urea groups is 1. The molecule has 2 rings (SSSR count). The highest BCUT2D eigenvalue weighted by Gasteiger charge is 2.28. The van der Waals surface area contributed by atoms with Gasteiger partial charge >= 0.3 is 6.03 Å². The number of nitrogens with zero attached hydrogens (tertiary/aromatic N) is 3. The van der Waals surface area contributed by atoms with Crippen molar-refractivity contribution < 1.29 is 9.59 Å². The zero-order chi connectivity index (χ0) is 16.1. The molecule has 3 N–H and O–H groups in total. The van der Waals surface area contributed by atoms with Gasteiger partial charge in [0.1, 0.15) is 0 Å². The first-order valence-electron chi connectivity index (χ1n) is 7.72. The maximum Gasteiger partial charge on any atom is 0.315 e. The largest absolute Gasteiger partial charge is 0.347 e. The highest BCUT2D eigenvalue weighted by Crippen LogP contribution is 2.18.